The van der Waals surface area contributed by atoms with Gasteiger partial charge < -0.3 is 19.4 Å². The number of amides is 1. The Hall–Kier alpha value is -2.93. The van der Waals surface area contributed by atoms with Gasteiger partial charge in [-0.3, -0.25) is 14.4 Å². The van der Waals surface area contributed by atoms with Crippen molar-refractivity contribution in [2.45, 2.75) is 40.7 Å². The van der Waals surface area contributed by atoms with Crippen LogP contribution in [0.15, 0.2) is 24.3 Å². The molecule has 0 saturated carbocycles. The van der Waals surface area contributed by atoms with Gasteiger partial charge in [-0.15, -0.1) is 0 Å². The van der Waals surface area contributed by atoms with Crippen molar-refractivity contribution in [3.63, 3.8) is 0 Å². The summed E-state index contributed by atoms with van der Waals surface area (Å²) in [5.74, 6) is -1.29. The van der Waals surface area contributed by atoms with E-state index in [1.165, 1.54) is 0 Å². The average Bonchev–Trinajstić information content (AvgIpc) is 3.00. The summed E-state index contributed by atoms with van der Waals surface area (Å²) in [7, 11) is 1.66. The molecule has 0 bridgehead atoms. The van der Waals surface area contributed by atoms with Gasteiger partial charge in [-0.25, -0.2) is 0 Å². The standard InChI is InChI=1S/C23H30N2O5/c1-15-7-8-19(11-16(15)2)23(28)24-13-22(27)30-14-21(26)20-12-17(3)25(18(20)4)9-6-10-29-5/h7-8,11-12H,6,9-10,13-14H2,1-5H3,(H,24,28). The molecule has 0 aliphatic heterocycles. The molecule has 1 aromatic heterocycles. The number of nitrogens with one attached hydrogen (secondary N) is 1. The van der Waals surface area contributed by atoms with E-state index in [1.807, 2.05) is 33.8 Å². The molecule has 0 fully saturated rings. The lowest BCUT2D eigenvalue weighted by molar-refractivity contribution is -0.141. The molecule has 0 aliphatic rings. The lowest BCUT2D eigenvalue weighted by Crippen LogP contribution is -2.31. The molecule has 162 valence electrons. The number of carbonyl (C=O) groups excluding carboxylic acids is 3. The first-order valence-electron chi connectivity index (χ1n) is 9.94. The predicted octanol–water partition coefficient (Wildman–Crippen LogP) is 2.91. The Balaban J connectivity index is 1.85. The van der Waals surface area contributed by atoms with Gasteiger partial charge in [-0.1, -0.05) is 6.07 Å². The molecule has 7 heteroatoms. The first-order chi connectivity index (χ1) is 14.2. The zero-order chi connectivity index (χ0) is 22.3. The molecule has 0 saturated heterocycles. The summed E-state index contributed by atoms with van der Waals surface area (Å²) >= 11 is 0. The molecule has 30 heavy (non-hydrogen) atoms. The normalized spacial score (nSPS) is 10.7. The quantitative estimate of drug-likeness (QED) is 0.367. The zero-order valence-electron chi connectivity index (χ0n) is 18.3. The third-order valence-electron chi connectivity index (χ3n) is 5.13. The van der Waals surface area contributed by atoms with Gasteiger partial charge in [0.2, 0.25) is 5.78 Å². The van der Waals surface area contributed by atoms with Crippen molar-refractivity contribution in [1.29, 1.82) is 0 Å². The minimum Gasteiger partial charge on any atom is -0.456 e. The van der Waals surface area contributed by atoms with Gasteiger partial charge in [-0.2, -0.15) is 0 Å². The van der Waals surface area contributed by atoms with Crippen molar-refractivity contribution in [3.05, 3.63) is 57.9 Å². The van der Waals surface area contributed by atoms with Crippen LogP contribution in [-0.4, -0.2) is 49.1 Å². The van der Waals surface area contributed by atoms with Crippen molar-refractivity contribution in [1.82, 2.24) is 9.88 Å². The summed E-state index contributed by atoms with van der Waals surface area (Å²) in [4.78, 5) is 36.6. The van der Waals surface area contributed by atoms with Gasteiger partial charge in [0.1, 0.15) is 6.54 Å². The van der Waals surface area contributed by atoms with Gasteiger partial charge in [0.05, 0.1) is 0 Å². The monoisotopic (exact) mass is 414 g/mol. The number of nitrogens with zero attached hydrogens (tertiary/aromatic N) is 1. The fraction of sp³-hybridized carbons (Fsp3) is 0.435. The maximum atomic E-state index is 12.5. The van der Waals surface area contributed by atoms with Crippen LogP contribution in [0, 0.1) is 27.7 Å². The molecule has 0 atom stereocenters. The van der Waals surface area contributed by atoms with Gasteiger partial charge in [0.25, 0.3) is 5.91 Å². The van der Waals surface area contributed by atoms with E-state index in [9.17, 15) is 14.4 Å². The number of aryl methyl sites for hydroxylation is 3. The second-order valence-electron chi connectivity index (χ2n) is 7.35. The van der Waals surface area contributed by atoms with Gasteiger partial charge in [0, 0.05) is 42.8 Å². The molecule has 1 aromatic carbocycles. The van der Waals surface area contributed by atoms with Crippen LogP contribution in [0.4, 0.5) is 0 Å². The van der Waals surface area contributed by atoms with E-state index in [-0.39, 0.29) is 24.8 Å². The van der Waals surface area contributed by atoms with Gasteiger partial charge >= 0.3 is 5.97 Å². The van der Waals surface area contributed by atoms with Gasteiger partial charge in [-0.05, 0) is 63.4 Å². The molecule has 0 radical (unpaired) electrons. The number of esters is 1. The summed E-state index contributed by atoms with van der Waals surface area (Å²) in [5.41, 5.74) is 4.91. The molecule has 1 heterocycles. The van der Waals surface area contributed by atoms with Crippen LogP contribution in [0.25, 0.3) is 0 Å². The second kappa shape index (κ2) is 10.7. The number of benzene rings is 1. The molecule has 1 amide bonds. The number of rotatable bonds is 10. The fourth-order valence-electron chi connectivity index (χ4n) is 3.21. The molecule has 2 aromatic rings. The molecular formula is C23H30N2O5. The number of Topliss-reactive ketones (excluding diaryl/α,β-unsaturated/α-hetero) is 1. The largest absolute Gasteiger partial charge is 0.456 e. The zero-order valence-corrected chi connectivity index (χ0v) is 18.3. The molecule has 1 N–H and O–H groups in total. The molecule has 0 spiro atoms. The van der Waals surface area contributed by atoms with Crippen LogP contribution < -0.4 is 5.32 Å². The number of aromatic nitrogens is 1. The van der Waals surface area contributed by atoms with E-state index in [2.05, 4.69) is 9.88 Å². The van der Waals surface area contributed by atoms with E-state index in [0.29, 0.717) is 17.7 Å². The van der Waals surface area contributed by atoms with E-state index in [4.69, 9.17) is 9.47 Å². The van der Waals surface area contributed by atoms with Crippen LogP contribution in [0.2, 0.25) is 0 Å². The second-order valence-corrected chi connectivity index (χ2v) is 7.35. The Labute approximate surface area is 177 Å². The van der Waals surface area contributed by atoms with Crippen LogP contribution in [0.1, 0.15) is 49.7 Å². The van der Waals surface area contributed by atoms with Crippen LogP contribution in [0.3, 0.4) is 0 Å². The summed E-state index contributed by atoms with van der Waals surface area (Å²) in [6, 6.07) is 7.13. The maximum Gasteiger partial charge on any atom is 0.325 e. The van der Waals surface area contributed by atoms with Crippen molar-refractivity contribution in [2.75, 3.05) is 26.9 Å². The predicted molar refractivity (Wildman–Crippen MR) is 114 cm³/mol. The Morgan fingerprint density at radius 2 is 1.77 bits per heavy atom. The van der Waals surface area contributed by atoms with Crippen molar-refractivity contribution in [2.24, 2.45) is 0 Å². The molecule has 7 nitrogen and oxygen atoms in total. The molecule has 0 unspecified atom stereocenters. The number of methoxy groups -OCH3 is 1. The van der Waals surface area contributed by atoms with Crippen LogP contribution in [-0.2, 0) is 20.8 Å². The number of hydrogen-bond donors (Lipinski definition) is 1. The summed E-state index contributed by atoms with van der Waals surface area (Å²) in [6.45, 7) is 8.43. The van der Waals surface area contributed by atoms with Crippen molar-refractivity contribution < 1.29 is 23.9 Å². The van der Waals surface area contributed by atoms with Gasteiger partial charge in [0.15, 0.2) is 6.61 Å². The molecule has 2 rings (SSSR count). The minimum absolute atomic E-state index is 0.269. The Bertz CT molecular complexity index is 930. The van der Waals surface area contributed by atoms with Crippen molar-refractivity contribution >= 4 is 17.7 Å². The minimum atomic E-state index is -0.658. The smallest absolute Gasteiger partial charge is 0.325 e. The summed E-state index contributed by atoms with van der Waals surface area (Å²) < 4.78 is 12.2. The Kier molecular flexibility index (Phi) is 8.35. The molecule has 0 aliphatic carbocycles. The maximum absolute atomic E-state index is 12.5. The van der Waals surface area contributed by atoms with Crippen LogP contribution >= 0.6 is 0 Å². The van der Waals surface area contributed by atoms with Crippen molar-refractivity contribution in [3.8, 4) is 0 Å². The first-order valence-corrected chi connectivity index (χ1v) is 9.94. The van der Waals surface area contributed by atoms with E-state index < -0.39 is 5.97 Å². The SMILES string of the molecule is COCCCn1c(C)cc(C(=O)COC(=O)CNC(=O)c2ccc(C)c(C)c2)c1C. The van der Waals surface area contributed by atoms with E-state index in [1.54, 1.807) is 25.3 Å². The fourth-order valence-corrected chi connectivity index (χ4v) is 3.21. The third kappa shape index (κ3) is 6.03. The number of ketones is 1. The van der Waals surface area contributed by atoms with E-state index >= 15 is 0 Å². The number of carbonyl (C=O) groups is 3. The average molecular weight is 415 g/mol. The van der Waals surface area contributed by atoms with Crippen LogP contribution in [0.5, 0.6) is 0 Å². The third-order valence-corrected chi connectivity index (χ3v) is 5.13. The summed E-state index contributed by atoms with van der Waals surface area (Å²) in [6.07, 6.45) is 0.843. The number of ether oxygens (including phenoxy) is 2. The molecular weight excluding hydrogens is 384 g/mol. The Morgan fingerprint density at radius 1 is 1.03 bits per heavy atom. The Morgan fingerprint density at radius 3 is 2.43 bits per heavy atom. The number of hydrogen-bond acceptors (Lipinski definition) is 5. The highest BCUT2D eigenvalue weighted by Crippen LogP contribution is 2.16. The lowest BCUT2D eigenvalue weighted by atomic mass is 10.1. The first kappa shape index (κ1) is 23.3. The highest BCUT2D eigenvalue weighted by molar-refractivity contribution is 6.00. The highest BCUT2D eigenvalue weighted by Gasteiger charge is 2.17. The highest BCUT2D eigenvalue weighted by atomic mass is 16.5. The topological polar surface area (TPSA) is 86.6 Å². The summed E-state index contributed by atoms with van der Waals surface area (Å²) in [5, 5.41) is 2.52. The lowest BCUT2D eigenvalue weighted by Gasteiger charge is -2.10. The van der Waals surface area contributed by atoms with E-state index in [0.717, 1.165) is 35.5 Å².